The first-order valence-electron chi connectivity index (χ1n) is 6.46. The maximum Gasteiger partial charge on any atom is 0.340 e. The smallest absolute Gasteiger partial charge is 0.340 e. The molecule has 0 saturated heterocycles. The molecule has 4 N–H and O–H groups in total. The van der Waals surface area contributed by atoms with Crippen molar-refractivity contribution >= 4 is 28.3 Å². The zero-order chi connectivity index (χ0) is 16.3. The molecule has 0 unspecified atom stereocenters. The molecule has 0 aliphatic carbocycles. The van der Waals surface area contributed by atoms with E-state index in [-0.39, 0.29) is 23.1 Å². The number of rotatable bonds is 7. The topological polar surface area (TPSA) is 130 Å². The Labute approximate surface area is 128 Å². The van der Waals surface area contributed by atoms with E-state index < -0.39 is 17.1 Å². The highest BCUT2D eigenvalue weighted by Gasteiger charge is 2.21. The molecule has 0 fully saturated rings. The standard InChI is InChI=1S/C12H14N4O5S/c1-2-3-13-12(21)14-5-6-4-7(11(19)20)8(22-6)15-16-9(17)10(16)18/h4,15H,2-3,5H2,1H3,(H,19,20)(H2,13,14,21). The van der Waals surface area contributed by atoms with Crippen molar-refractivity contribution in [1.82, 2.24) is 15.3 Å². The zero-order valence-corrected chi connectivity index (χ0v) is 12.5. The largest absolute Gasteiger partial charge is 0.478 e. The van der Waals surface area contributed by atoms with Crippen LogP contribution in [-0.2, 0) is 6.54 Å². The first kappa shape index (κ1) is 15.8. The van der Waals surface area contributed by atoms with Gasteiger partial charge in [-0.25, -0.2) is 9.59 Å². The first-order chi connectivity index (χ1) is 10.4. The average molecular weight is 326 g/mol. The number of aromatic nitrogens is 1. The Kier molecular flexibility index (Phi) is 4.61. The SMILES string of the molecule is CCCNC(=O)NCc1cc(C(=O)O)c(Nn2c(=O)c2=O)s1. The van der Waals surface area contributed by atoms with Gasteiger partial charge in [-0.15, -0.1) is 11.3 Å². The number of urea groups is 1. The summed E-state index contributed by atoms with van der Waals surface area (Å²) in [6, 6.07) is 1.03. The van der Waals surface area contributed by atoms with Gasteiger partial charge in [0.25, 0.3) is 0 Å². The molecule has 2 aromatic heterocycles. The van der Waals surface area contributed by atoms with E-state index in [9.17, 15) is 19.2 Å². The number of amides is 2. The number of aromatic carboxylic acids is 1. The van der Waals surface area contributed by atoms with E-state index in [4.69, 9.17) is 5.11 Å². The molecule has 10 heteroatoms. The number of hydrogen-bond acceptors (Lipinski definition) is 6. The van der Waals surface area contributed by atoms with Crippen LogP contribution in [0.5, 0.6) is 0 Å². The molecule has 2 rings (SSSR count). The van der Waals surface area contributed by atoms with Crippen molar-refractivity contribution in [2.75, 3.05) is 12.0 Å². The molecule has 0 bridgehead atoms. The predicted octanol–water partition coefficient (Wildman–Crippen LogP) is -0.0718. The van der Waals surface area contributed by atoms with Crippen LogP contribution in [0.2, 0.25) is 0 Å². The molecule has 2 heterocycles. The van der Waals surface area contributed by atoms with Crippen molar-refractivity contribution in [2.45, 2.75) is 19.9 Å². The van der Waals surface area contributed by atoms with Crippen molar-refractivity contribution in [2.24, 2.45) is 0 Å². The highest BCUT2D eigenvalue weighted by atomic mass is 32.1. The summed E-state index contributed by atoms with van der Waals surface area (Å²) in [7, 11) is 0. The van der Waals surface area contributed by atoms with Gasteiger partial charge in [-0.3, -0.25) is 15.0 Å². The van der Waals surface area contributed by atoms with Crippen molar-refractivity contribution in [3.63, 3.8) is 0 Å². The van der Waals surface area contributed by atoms with E-state index in [0.717, 1.165) is 22.4 Å². The fourth-order valence-corrected chi connectivity index (χ4v) is 2.55. The highest BCUT2D eigenvalue weighted by molar-refractivity contribution is 7.16. The van der Waals surface area contributed by atoms with E-state index in [2.05, 4.69) is 16.1 Å². The number of anilines is 1. The third kappa shape index (κ3) is 3.52. The quantitative estimate of drug-likeness (QED) is 0.527. The molecule has 0 saturated carbocycles. The molecule has 22 heavy (non-hydrogen) atoms. The monoisotopic (exact) mass is 326 g/mol. The highest BCUT2D eigenvalue weighted by Crippen LogP contribution is 2.28. The number of carbonyl (C=O) groups excluding carboxylic acids is 1. The minimum Gasteiger partial charge on any atom is -0.478 e. The summed E-state index contributed by atoms with van der Waals surface area (Å²) in [5, 5.41) is 14.5. The number of hydrogen-bond donors (Lipinski definition) is 4. The molecule has 0 aliphatic heterocycles. The van der Waals surface area contributed by atoms with Gasteiger partial charge in [-0.05, 0) is 12.5 Å². The van der Waals surface area contributed by atoms with Gasteiger partial charge in [0.05, 0.1) is 12.1 Å². The Morgan fingerprint density at radius 3 is 2.50 bits per heavy atom. The normalized spacial score (nSPS) is 10.6. The maximum absolute atomic E-state index is 11.4. The van der Waals surface area contributed by atoms with Crippen molar-refractivity contribution in [3.05, 3.63) is 37.2 Å². The van der Waals surface area contributed by atoms with Crippen LogP contribution in [0.3, 0.4) is 0 Å². The van der Waals surface area contributed by atoms with Crippen molar-refractivity contribution in [3.8, 4) is 0 Å². The van der Waals surface area contributed by atoms with E-state index in [0.29, 0.717) is 11.4 Å². The minimum atomic E-state index is -1.19. The second-order valence-corrected chi connectivity index (χ2v) is 5.56. The fraction of sp³-hybridized carbons (Fsp3) is 0.333. The third-order valence-electron chi connectivity index (χ3n) is 2.72. The molecule has 0 aliphatic rings. The van der Waals surface area contributed by atoms with Crippen LogP contribution in [0.4, 0.5) is 9.80 Å². The molecular formula is C12H14N4O5S. The van der Waals surface area contributed by atoms with Gasteiger partial charge in [-0.2, -0.15) is 4.68 Å². The van der Waals surface area contributed by atoms with Crippen molar-refractivity contribution < 1.29 is 14.7 Å². The summed E-state index contributed by atoms with van der Waals surface area (Å²) in [5.41, 5.74) is 0.947. The summed E-state index contributed by atoms with van der Waals surface area (Å²) in [5.74, 6) is -1.19. The molecule has 9 nitrogen and oxygen atoms in total. The Bertz CT molecular complexity index is 745. The summed E-state index contributed by atoms with van der Waals surface area (Å²) < 4.78 is 0.726. The van der Waals surface area contributed by atoms with Crippen LogP contribution in [0, 0.1) is 0 Å². The first-order valence-corrected chi connectivity index (χ1v) is 7.28. The molecule has 0 radical (unpaired) electrons. The van der Waals surface area contributed by atoms with Crippen LogP contribution in [0.15, 0.2) is 15.7 Å². The number of nitrogens with zero attached hydrogens (tertiary/aromatic N) is 1. The number of carbonyl (C=O) groups is 2. The molecule has 2 aromatic rings. The molecule has 118 valence electrons. The van der Waals surface area contributed by atoms with Gasteiger partial charge in [0.1, 0.15) is 5.00 Å². The van der Waals surface area contributed by atoms with E-state index in [1.165, 1.54) is 6.07 Å². The average Bonchev–Trinajstić information content (AvgIpc) is 2.90. The zero-order valence-electron chi connectivity index (χ0n) is 11.6. The van der Waals surface area contributed by atoms with E-state index in [1.54, 1.807) is 0 Å². The maximum atomic E-state index is 11.4. The summed E-state index contributed by atoms with van der Waals surface area (Å²) >= 11 is 1.05. The number of nitrogens with one attached hydrogen (secondary N) is 3. The molecule has 0 spiro atoms. The second kappa shape index (κ2) is 6.43. The van der Waals surface area contributed by atoms with Crippen LogP contribution in [0.1, 0.15) is 28.6 Å². The predicted molar refractivity (Wildman–Crippen MR) is 80.2 cm³/mol. The molecule has 0 aromatic carbocycles. The lowest BCUT2D eigenvalue weighted by Gasteiger charge is -2.04. The lowest BCUT2D eigenvalue weighted by Crippen LogP contribution is -2.35. The van der Waals surface area contributed by atoms with Gasteiger partial charge in [0, 0.05) is 11.4 Å². The number of thiophene rings is 1. The Morgan fingerprint density at radius 1 is 1.27 bits per heavy atom. The van der Waals surface area contributed by atoms with Crippen LogP contribution in [0.25, 0.3) is 0 Å². The molecular weight excluding hydrogens is 312 g/mol. The lowest BCUT2D eigenvalue weighted by molar-refractivity contribution is 0.0698. The van der Waals surface area contributed by atoms with Gasteiger partial charge >= 0.3 is 23.1 Å². The van der Waals surface area contributed by atoms with Gasteiger partial charge in [0.2, 0.25) is 0 Å². The molecule has 0 atom stereocenters. The van der Waals surface area contributed by atoms with Gasteiger partial charge in [0.15, 0.2) is 0 Å². The number of carboxylic acid groups (broad SMARTS) is 1. The van der Waals surface area contributed by atoms with E-state index in [1.807, 2.05) is 6.92 Å². The Morgan fingerprint density at radius 2 is 1.95 bits per heavy atom. The van der Waals surface area contributed by atoms with Gasteiger partial charge in [-0.1, -0.05) is 6.92 Å². The summed E-state index contributed by atoms with van der Waals surface area (Å²) in [4.78, 5) is 45.0. The lowest BCUT2D eigenvalue weighted by atomic mass is 10.3. The van der Waals surface area contributed by atoms with E-state index >= 15 is 0 Å². The second-order valence-electron chi connectivity index (χ2n) is 4.43. The van der Waals surface area contributed by atoms with Crippen LogP contribution < -0.4 is 27.2 Å². The van der Waals surface area contributed by atoms with Crippen molar-refractivity contribution in [1.29, 1.82) is 0 Å². The Hall–Kier alpha value is -2.62. The summed E-state index contributed by atoms with van der Waals surface area (Å²) in [6.45, 7) is 2.61. The Balaban J connectivity index is 2.05. The van der Waals surface area contributed by atoms with Crippen LogP contribution >= 0.6 is 11.3 Å². The fourth-order valence-electron chi connectivity index (χ4n) is 1.58. The molecule has 2 amide bonds. The number of carboxylic acids is 1. The third-order valence-corrected chi connectivity index (χ3v) is 3.76. The minimum absolute atomic E-state index is 0.0664. The summed E-state index contributed by atoms with van der Waals surface area (Å²) in [6.07, 6.45) is 0.807. The van der Waals surface area contributed by atoms with Crippen LogP contribution in [-0.4, -0.2) is 28.3 Å². The van der Waals surface area contributed by atoms with Gasteiger partial charge < -0.3 is 15.7 Å².